The number of amides is 2. The standard InChI is InChI=1S/C23H17NO5/c25-21-19-11-4-5-12-20(19)22(26)24(21)15-29-23(27)17-9-6-10-18(13-17)28-14-16-7-2-1-3-8-16/h1-13H,14-15H2. The number of benzene rings is 3. The molecule has 29 heavy (non-hydrogen) atoms. The summed E-state index contributed by atoms with van der Waals surface area (Å²) in [7, 11) is 0. The Morgan fingerprint density at radius 3 is 2.14 bits per heavy atom. The lowest BCUT2D eigenvalue weighted by Gasteiger charge is -2.14. The third-order valence-corrected chi connectivity index (χ3v) is 4.52. The predicted molar refractivity (Wildman–Crippen MR) is 104 cm³/mol. The van der Waals surface area contributed by atoms with Crippen molar-refractivity contribution < 1.29 is 23.9 Å². The molecule has 1 aliphatic rings. The number of hydrogen-bond donors (Lipinski definition) is 0. The van der Waals surface area contributed by atoms with E-state index in [0.717, 1.165) is 10.5 Å². The molecule has 0 fully saturated rings. The van der Waals surface area contributed by atoms with Crippen LogP contribution in [0.4, 0.5) is 0 Å². The number of carbonyl (C=O) groups excluding carboxylic acids is 3. The van der Waals surface area contributed by atoms with Crippen LogP contribution < -0.4 is 4.74 Å². The molecule has 0 unspecified atom stereocenters. The molecule has 1 heterocycles. The Hall–Kier alpha value is -3.93. The van der Waals surface area contributed by atoms with Crippen molar-refractivity contribution in [1.82, 2.24) is 4.90 Å². The largest absolute Gasteiger partial charge is 0.489 e. The van der Waals surface area contributed by atoms with Crippen molar-refractivity contribution in [2.75, 3.05) is 6.73 Å². The lowest BCUT2D eigenvalue weighted by molar-refractivity contribution is 0.0227. The zero-order valence-corrected chi connectivity index (χ0v) is 15.4. The summed E-state index contributed by atoms with van der Waals surface area (Å²) in [6.45, 7) is -0.0747. The van der Waals surface area contributed by atoms with Crippen molar-refractivity contribution in [3.63, 3.8) is 0 Å². The van der Waals surface area contributed by atoms with Gasteiger partial charge in [0.25, 0.3) is 11.8 Å². The van der Waals surface area contributed by atoms with E-state index in [1.807, 2.05) is 30.3 Å². The fourth-order valence-corrected chi connectivity index (χ4v) is 3.02. The first-order chi connectivity index (χ1) is 14.1. The summed E-state index contributed by atoms with van der Waals surface area (Å²) in [5.41, 5.74) is 1.90. The second-order valence-electron chi connectivity index (χ2n) is 6.45. The van der Waals surface area contributed by atoms with Crippen LogP contribution in [0.2, 0.25) is 0 Å². The van der Waals surface area contributed by atoms with E-state index in [1.165, 1.54) is 0 Å². The average Bonchev–Trinajstić information content (AvgIpc) is 3.01. The minimum absolute atomic E-state index is 0.271. The van der Waals surface area contributed by atoms with E-state index in [1.54, 1.807) is 48.5 Å². The second kappa shape index (κ2) is 7.98. The van der Waals surface area contributed by atoms with Crippen molar-refractivity contribution in [3.05, 3.63) is 101 Å². The summed E-state index contributed by atoms with van der Waals surface area (Å²) in [5.74, 6) is -1.08. The molecule has 4 rings (SSSR count). The van der Waals surface area contributed by atoms with Gasteiger partial charge in [-0.3, -0.25) is 9.59 Å². The molecule has 0 atom stereocenters. The highest BCUT2D eigenvalue weighted by Gasteiger charge is 2.35. The number of ether oxygens (including phenoxy) is 2. The van der Waals surface area contributed by atoms with Crippen LogP contribution in [0.3, 0.4) is 0 Å². The zero-order chi connectivity index (χ0) is 20.2. The fourth-order valence-electron chi connectivity index (χ4n) is 3.02. The minimum atomic E-state index is -0.647. The summed E-state index contributed by atoms with van der Waals surface area (Å²) in [5, 5.41) is 0. The number of rotatable bonds is 6. The van der Waals surface area contributed by atoms with Crippen LogP contribution in [0.1, 0.15) is 36.6 Å². The van der Waals surface area contributed by atoms with Gasteiger partial charge in [-0.15, -0.1) is 0 Å². The maximum atomic E-state index is 12.4. The maximum absolute atomic E-state index is 12.4. The van der Waals surface area contributed by atoms with Crippen LogP contribution in [0.25, 0.3) is 0 Å². The molecule has 6 nitrogen and oxygen atoms in total. The summed E-state index contributed by atoms with van der Waals surface area (Å²) in [4.78, 5) is 38.0. The van der Waals surface area contributed by atoms with Crippen LogP contribution in [0.5, 0.6) is 5.75 Å². The summed E-state index contributed by atoms with van der Waals surface area (Å²) < 4.78 is 10.9. The van der Waals surface area contributed by atoms with Gasteiger partial charge in [-0.2, -0.15) is 0 Å². The van der Waals surface area contributed by atoms with E-state index in [9.17, 15) is 14.4 Å². The van der Waals surface area contributed by atoms with Gasteiger partial charge in [0.2, 0.25) is 0 Å². The Kier molecular flexibility index (Phi) is 5.07. The topological polar surface area (TPSA) is 72.9 Å². The minimum Gasteiger partial charge on any atom is -0.489 e. The average molecular weight is 387 g/mol. The molecule has 0 saturated carbocycles. The van der Waals surface area contributed by atoms with Gasteiger partial charge in [-0.1, -0.05) is 48.5 Å². The Balaban J connectivity index is 1.38. The number of esters is 1. The molecule has 0 spiro atoms. The van der Waals surface area contributed by atoms with E-state index in [-0.39, 0.29) is 5.56 Å². The first-order valence-electron chi connectivity index (χ1n) is 9.02. The van der Waals surface area contributed by atoms with Crippen molar-refractivity contribution in [3.8, 4) is 5.75 Å². The first-order valence-corrected chi connectivity index (χ1v) is 9.02. The third-order valence-electron chi connectivity index (χ3n) is 4.52. The van der Waals surface area contributed by atoms with Crippen molar-refractivity contribution in [1.29, 1.82) is 0 Å². The molecule has 1 aliphatic heterocycles. The monoisotopic (exact) mass is 387 g/mol. The molecule has 6 heteroatoms. The lowest BCUT2D eigenvalue weighted by atomic mass is 10.1. The van der Waals surface area contributed by atoms with Crippen LogP contribution in [0.15, 0.2) is 78.9 Å². The lowest BCUT2D eigenvalue weighted by Crippen LogP contribution is -2.33. The zero-order valence-electron chi connectivity index (χ0n) is 15.4. The number of imide groups is 1. The number of carbonyl (C=O) groups is 3. The molecule has 0 saturated heterocycles. The van der Waals surface area contributed by atoms with Gasteiger partial charge < -0.3 is 9.47 Å². The van der Waals surface area contributed by atoms with Crippen LogP contribution >= 0.6 is 0 Å². The second-order valence-corrected chi connectivity index (χ2v) is 6.45. The van der Waals surface area contributed by atoms with Crippen LogP contribution in [-0.2, 0) is 11.3 Å². The van der Waals surface area contributed by atoms with Gasteiger partial charge in [0.1, 0.15) is 12.4 Å². The molecular formula is C23H17NO5. The molecule has 0 bridgehead atoms. The molecule has 0 aromatic heterocycles. The quantitative estimate of drug-likeness (QED) is 0.477. The van der Waals surface area contributed by atoms with E-state index >= 15 is 0 Å². The fraction of sp³-hybridized carbons (Fsp3) is 0.0870. The van der Waals surface area contributed by atoms with Gasteiger partial charge in [0.05, 0.1) is 16.7 Å². The van der Waals surface area contributed by atoms with Gasteiger partial charge in [0, 0.05) is 0 Å². The number of hydrogen-bond acceptors (Lipinski definition) is 5. The van der Waals surface area contributed by atoms with Gasteiger partial charge in [0.15, 0.2) is 6.73 Å². The van der Waals surface area contributed by atoms with Crippen molar-refractivity contribution >= 4 is 17.8 Å². The Morgan fingerprint density at radius 1 is 0.793 bits per heavy atom. The third kappa shape index (κ3) is 3.87. The van der Waals surface area contributed by atoms with E-state index in [4.69, 9.17) is 9.47 Å². The van der Waals surface area contributed by atoms with Crippen molar-refractivity contribution in [2.45, 2.75) is 6.61 Å². The number of nitrogens with zero attached hydrogens (tertiary/aromatic N) is 1. The Bertz CT molecular complexity index is 1040. The molecule has 0 radical (unpaired) electrons. The highest BCUT2D eigenvalue weighted by atomic mass is 16.5. The first kappa shape index (κ1) is 18.4. The Morgan fingerprint density at radius 2 is 1.45 bits per heavy atom. The summed E-state index contributed by atoms with van der Waals surface area (Å²) in [6, 6.07) is 22.7. The van der Waals surface area contributed by atoms with Gasteiger partial charge in [-0.05, 0) is 35.9 Å². The number of fused-ring (bicyclic) bond motifs is 1. The molecule has 3 aromatic carbocycles. The molecule has 144 valence electrons. The van der Waals surface area contributed by atoms with E-state index < -0.39 is 24.5 Å². The smallest absolute Gasteiger partial charge is 0.340 e. The molecule has 0 aliphatic carbocycles. The highest BCUT2D eigenvalue weighted by Crippen LogP contribution is 2.22. The van der Waals surface area contributed by atoms with Gasteiger partial charge in [-0.25, -0.2) is 9.69 Å². The molecule has 3 aromatic rings. The summed E-state index contributed by atoms with van der Waals surface area (Å²) in [6.07, 6.45) is 0. The van der Waals surface area contributed by atoms with Crippen LogP contribution in [0, 0.1) is 0 Å². The summed E-state index contributed by atoms with van der Waals surface area (Å²) >= 11 is 0. The highest BCUT2D eigenvalue weighted by molar-refractivity contribution is 6.21. The normalized spacial score (nSPS) is 12.6. The van der Waals surface area contributed by atoms with E-state index in [2.05, 4.69) is 0 Å². The molecular weight excluding hydrogens is 370 g/mol. The molecule has 2 amide bonds. The Labute approximate surface area is 167 Å². The van der Waals surface area contributed by atoms with E-state index in [0.29, 0.717) is 23.5 Å². The SMILES string of the molecule is O=C(OCN1C(=O)c2ccccc2C1=O)c1cccc(OCc2ccccc2)c1. The molecule has 0 N–H and O–H groups in total. The van der Waals surface area contributed by atoms with Crippen LogP contribution in [-0.4, -0.2) is 29.4 Å². The maximum Gasteiger partial charge on any atom is 0.340 e. The van der Waals surface area contributed by atoms with Crippen molar-refractivity contribution in [2.24, 2.45) is 0 Å². The van der Waals surface area contributed by atoms with Gasteiger partial charge >= 0.3 is 5.97 Å². The predicted octanol–water partition coefficient (Wildman–Crippen LogP) is 3.68.